The van der Waals surface area contributed by atoms with Crippen LogP contribution < -0.4 is 66.3 Å². The maximum absolute atomic E-state index is 14.7. The number of aromatic nitrogens is 1. The van der Waals surface area contributed by atoms with Crippen molar-refractivity contribution >= 4 is 64.2 Å². The Labute approximate surface area is 422 Å². The number of phenols is 2. The number of H-pyrrole nitrogens is 1. The summed E-state index contributed by atoms with van der Waals surface area (Å²) in [5, 5.41) is 37.0. The number of amides is 7. The van der Waals surface area contributed by atoms with Crippen LogP contribution in [0.15, 0.2) is 89.0 Å². The monoisotopic (exact) mass is 1010 g/mol. The number of nitrogens with one attached hydrogen (secondary N) is 7. The predicted octanol–water partition coefficient (Wildman–Crippen LogP) is -1.74. The van der Waals surface area contributed by atoms with Crippen molar-refractivity contribution in [2.75, 3.05) is 19.6 Å². The number of hydrogen-bond acceptors (Lipinski definition) is 12. The van der Waals surface area contributed by atoms with Crippen LogP contribution in [-0.4, -0.2) is 124 Å². The summed E-state index contributed by atoms with van der Waals surface area (Å²) in [6.45, 7) is 1.77. The third kappa shape index (κ3) is 19.7. The third-order valence-corrected chi connectivity index (χ3v) is 11.6. The number of rotatable bonds is 30. The van der Waals surface area contributed by atoms with Gasteiger partial charge in [0.25, 0.3) is 0 Å². The van der Waals surface area contributed by atoms with Crippen molar-refractivity contribution in [3.63, 3.8) is 0 Å². The molecule has 0 radical (unpaired) electrons. The zero-order valence-electron chi connectivity index (χ0n) is 40.8. The number of guanidine groups is 2. The molecule has 0 aliphatic carbocycles. The Morgan fingerprint density at radius 1 is 0.521 bits per heavy atom. The predicted molar refractivity (Wildman–Crippen MR) is 275 cm³/mol. The second-order valence-electron chi connectivity index (χ2n) is 17.4. The van der Waals surface area contributed by atoms with Crippen LogP contribution in [0.1, 0.15) is 68.6 Å². The minimum atomic E-state index is -1.45. The van der Waals surface area contributed by atoms with E-state index in [1.165, 1.54) is 55.5 Å². The summed E-state index contributed by atoms with van der Waals surface area (Å²) in [5.41, 5.74) is 35.8. The standard InChI is InChI=1S/C49H69N15O9/c1-28(65)59-37(11-6-22-56-48(52)53)43(69)62-40(25-30-15-19-33(67)20-16-30)46(72)63-39(24-29-13-17-32(66)18-14-29)45(71)61-38(12-7-23-57-49(54)55)44(70)64-41(26-31-27-58-35-9-3-2-8-34(31)35)47(73)60-36(42(51)68)10-4-5-21-50/h2-3,8-9,13-20,27,36-41,58,66-67H,4-7,10-12,21-26,50H2,1H3,(H2,51,68)(H,59,65)(H,60,73)(H,61,71)(H,62,69)(H,63,72)(H,64,70)(H4,52,53,56)(H4,54,55,57)/t36-,37-,38-,39-,40-,41-/m0/s1. The molecule has 0 spiro atoms. The van der Waals surface area contributed by atoms with Crippen LogP contribution >= 0.6 is 0 Å². The number of unbranched alkanes of at least 4 members (excludes halogenated alkanes) is 1. The normalized spacial score (nSPS) is 13.4. The van der Waals surface area contributed by atoms with Crippen LogP contribution in [0.4, 0.5) is 0 Å². The molecule has 0 aliphatic rings. The molecule has 7 amide bonds. The SMILES string of the molecule is CC(=O)N[C@@H](CCCN=C(N)N)C(=O)N[C@@H](Cc1ccc(O)cc1)C(=O)N[C@@H](Cc1ccc(O)cc1)C(=O)N[C@@H](CCCN=C(N)N)C(=O)N[C@@H](Cc1c[nH]c2ccccc12)C(=O)N[C@@H](CCCCN)C(N)=O. The lowest BCUT2D eigenvalue weighted by Crippen LogP contribution is -2.60. The van der Waals surface area contributed by atoms with Gasteiger partial charge in [-0.25, -0.2) is 0 Å². The van der Waals surface area contributed by atoms with Gasteiger partial charge in [-0.15, -0.1) is 0 Å². The first-order valence-electron chi connectivity index (χ1n) is 23.8. The number of aromatic amines is 1. The number of carbonyl (C=O) groups is 7. The second-order valence-corrected chi connectivity index (χ2v) is 17.4. The van der Waals surface area contributed by atoms with Crippen LogP contribution in [0.25, 0.3) is 10.9 Å². The van der Waals surface area contributed by atoms with Gasteiger partial charge in [0, 0.05) is 56.4 Å². The fraction of sp³-hybridized carbons (Fsp3) is 0.408. The van der Waals surface area contributed by atoms with E-state index >= 15 is 0 Å². The van der Waals surface area contributed by atoms with Gasteiger partial charge in [0.15, 0.2) is 11.9 Å². The topological polar surface area (TPSA) is 429 Å². The number of aromatic hydroxyl groups is 2. The Morgan fingerprint density at radius 3 is 1.38 bits per heavy atom. The molecular weight excluding hydrogens is 943 g/mol. The number of fused-ring (bicyclic) bond motifs is 1. The quantitative estimate of drug-likeness (QED) is 0.0157. The molecule has 4 aromatic rings. The summed E-state index contributed by atoms with van der Waals surface area (Å²) < 4.78 is 0. The Kier molecular flexibility index (Phi) is 22.8. The van der Waals surface area contributed by atoms with Gasteiger partial charge in [-0.2, -0.15) is 0 Å². The fourth-order valence-electron chi connectivity index (χ4n) is 7.81. The molecule has 3 aromatic carbocycles. The fourth-order valence-corrected chi connectivity index (χ4v) is 7.81. The van der Waals surface area contributed by atoms with Crippen LogP contribution in [0.5, 0.6) is 11.5 Å². The number of aliphatic imine (C=N–C) groups is 2. The van der Waals surface area contributed by atoms with E-state index in [9.17, 15) is 43.8 Å². The van der Waals surface area contributed by atoms with E-state index in [-0.39, 0.29) is 87.9 Å². The van der Waals surface area contributed by atoms with Gasteiger partial charge in [-0.05, 0) is 98.5 Å². The third-order valence-electron chi connectivity index (χ3n) is 11.6. The lowest BCUT2D eigenvalue weighted by molar-refractivity contribution is -0.135. The Bertz CT molecular complexity index is 2540. The molecule has 24 nitrogen and oxygen atoms in total. The van der Waals surface area contributed by atoms with Crippen LogP contribution in [0.3, 0.4) is 0 Å². The summed E-state index contributed by atoms with van der Waals surface area (Å²) in [6, 6.07) is 11.3. The van der Waals surface area contributed by atoms with Crippen LogP contribution in [0.2, 0.25) is 0 Å². The van der Waals surface area contributed by atoms with E-state index in [4.69, 9.17) is 34.4 Å². The maximum Gasteiger partial charge on any atom is 0.243 e. The van der Waals surface area contributed by atoms with Crippen molar-refractivity contribution < 1.29 is 43.8 Å². The summed E-state index contributed by atoms with van der Waals surface area (Å²) in [7, 11) is 0. The van der Waals surface area contributed by atoms with Gasteiger partial charge in [-0.3, -0.25) is 43.5 Å². The molecule has 21 N–H and O–H groups in total. The highest BCUT2D eigenvalue weighted by Gasteiger charge is 2.34. The van der Waals surface area contributed by atoms with E-state index in [2.05, 4.69) is 46.9 Å². The van der Waals surface area contributed by atoms with Crippen molar-refractivity contribution in [2.24, 2.45) is 44.4 Å². The van der Waals surface area contributed by atoms with E-state index < -0.39 is 77.6 Å². The summed E-state index contributed by atoms with van der Waals surface area (Å²) in [6.07, 6.45) is 2.98. The Hall–Kier alpha value is -8.41. The summed E-state index contributed by atoms with van der Waals surface area (Å²) in [5.74, 6) is -5.79. The number of benzene rings is 3. The van der Waals surface area contributed by atoms with Gasteiger partial charge in [-0.1, -0.05) is 42.5 Å². The van der Waals surface area contributed by atoms with E-state index in [0.29, 0.717) is 36.1 Å². The molecule has 24 heteroatoms. The molecule has 0 saturated heterocycles. The van der Waals surface area contributed by atoms with Crippen molar-refractivity contribution in [3.05, 3.63) is 95.7 Å². The number of primary amides is 1. The average molecular weight is 1010 g/mol. The summed E-state index contributed by atoms with van der Waals surface area (Å²) >= 11 is 0. The number of phenolic OH excluding ortho intramolecular Hbond substituents is 2. The minimum Gasteiger partial charge on any atom is -0.508 e. The molecular formula is C49H69N15O9. The summed E-state index contributed by atoms with van der Waals surface area (Å²) in [4.78, 5) is 108. The Morgan fingerprint density at radius 2 is 0.932 bits per heavy atom. The molecule has 6 atom stereocenters. The highest BCUT2D eigenvalue weighted by molar-refractivity contribution is 5.97. The highest BCUT2D eigenvalue weighted by Crippen LogP contribution is 2.20. The second kappa shape index (κ2) is 29.1. The van der Waals surface area contributed by atoms with Gasteiger partial charge >= 0.3 is 0 Å². The number of carbonyl (C=O) groups excluding carboxylic acids is 7. The lowest BCUT2D eigenvalue weighted by Gasteiger charge is -2.28. The van der Waals surface area contributed by atoms with Gasteiger partial charge in [0.2, 0.25) is 41.4 Å². The van der Waals surface area contributed by atoms with Crippen molar-refractivity contribution in [1.82, 2.24) is 36.9 Å². The van der Waals surface area contributed by atoms with Gasteiger partial charge in [0.1, 0.15) is 47.8 Å². The molecule has 394 valence electrons. The van der Waals surface area contributed by atoms with Crippen LogP contribution in [-0.2, 0) is 52.8 Å². The zero-order chi connectivity index (χ0) is 53.5. The first kappa shape index (κ1) is 57.2. The molecule has 0 unspecified atom stereocenters. The zero-order valence-corrected chi connectivity index (χ0v) is 40.8. The number of para-hydroxylation sites is 1. The van der Waals surface area contributed by atoms with Gasteiger partial charge < -0.3 is 81.5 Å². The molecule has 4 rings (SSSR count). The van der Waals surface area contributed by atoms with Crippen molar-refractivity contribution in [1.29, 1.82) is 0 Å². The van der Waals surface area contributed by atoms with Crippen molar-refractivity contribution in [3.8, 4) is 11.5 Å². The average Bonchev–Trinajstić information content (AvgIpc) is 3.75. The minimum absolute atomic E-state index is 0.0460. The smallest absolute Gasteiger partial charge is 0.243 e. The van der Waals surface area contributed by atoms with Gasteiger partial charge in [0.05, 0.1) is 0 Å². The highest BCUT2D eigenvalue weighted by atomic mass is 16.3. The number of nitrogens with two attached hydrogens (primary N) is 6. The lowest BCUT2D eigenvalue weighted by atomic mass is 10.0. The largest absolute Gasteiger partial charge is 0.508 e. The molecule has 0 fully saturated rings. The van der Waals surface area contributed by atoms with Crippen molar-refractivity contribution in [2.45, 2.75) is 107 Å². The number of hydrogen-bond donors (Lipinski definition) is 15. The Balaban J connectivity index is 1.70. The molecule has 1 aromatic heterocycles. The maximum atomic E-state index is 14.7. The first-order valence-corrected chi connectivity index (χ1v) is 23.8. The molecule has 0 saturated carbocycles. The molecule has 0 bridgehead atoms. The molecule has 1 heterocycles. The first-order chi connectivity index (χ1) is 34.8. The van der Waals surface area contributed by atoms with E-state index in [1.807, 2.05) is 24.3 Å². The van der Waals surface area contributed by atoms with E-state index in [0.717, 1.165) is 10.9 Å². The number of nitrogens with zero attached hydrogens (tertiary/aromatic N) is 2. The molecule has 0 aliphatic heterocycles. The van der Waals surface area contributed by atoms with E-state index in [1.54, 1.807) is 6.20 Å². The van der Waals surface area contributed by atoms with Crippen LogP contribution in [0, 0.1) is 0 Å². The molecule has 73 heavy (non-hydrogen) atoms.